The van der Waals surface area contributed by atoms with Crippen molar-refractivity contribution in [1.29, 1.82) is 0 Å². The molecule has 0 radical (unpaired) electrons. The molecule has 1 saturated heterocycles. The minimum absolute atomic E-state index is 0.265. The number of ether oxygens (including phenoxy) is 2. The number of rotatable bonds is 4. The van der Waals surface area contributed by atoms with Gasteiger partial charge in [-0.2, -0.15) is 0 Å². The Kier molecular flexibility index (Phi) is 4.45. The predicted molar refractivity (Wildman–Crippen MR) is 77.4 cm³/mol. The molecule has 1 heterocycles. The molecule has 1 aliphatic heterocycles. The highest BCUT2D eigenvalue weighted by atomic mass is 16.7. The van der Waals surface area contributed by atoms with E-state index in [1.54, 1.807) is 0 Å². The lowest BCUT2D eigenvalue weighted by Gasteiger charge is -2.35. The van der Waals surface area contributed by atoms with Crippen molar-refractivity contribution in [3.63, 3.8) is 0 Å². The molecular formula is C15H24N2O2. The Bertz CT molecular complexity index is 391. The summed E-state index contributed by atoms with van der Waals surface area (Å²) in [6, 6.07) is 8.83. The Morgan fingerprint density at radius 1 is 1.16 bits per heavy atom. The average Bonchev–Trinajstić information content (AvgIpc) is 2.38. The van der Waals surface area contributed by atoms with Crippen molar-refractivity contribution in [2.24, 2.45) is 0 Å². The van der Waals surface area contributed by atoms with E-state index in [0.29, 0.717) is 13.2 Å². The first-order chi connectivity index (χ1) is 8.96. The van der Waals surface area contributed by atoms with Gasteiger partial charge in [-0.3, -0.25) is 0 Å². The Morgan fingerprint density at radius 2 is 1.74 bits per heavy atom. The van der Waals surface area contributed by atoms with E-state index in [-0.39, 0.29) is 6.04 Å². The van der Waals surface area contributed by atoms with E-state index in [1.165, 1.54) is 11.3 Å². The summed E-state index contributed by atoms with van der Waals surface area (Å²) in [6.45, 7) is 6.13. The second-order valence-electron chi connectivity index (χ2n) is 5.66. The topological polar surface area (TPSA) is 33.7 Å². The van der Waals surface area contributed by atoms with E-state index in [9.17, 15) is 0 Å². The Hall–Kier alpha value is -1.10. The lowest BCUT2D eigenvalue weighted by Crippen LogP contribution is -2.48. The smallest absolute Gasteiger partial charge is 0.162 e. The van der Waals surface area contributed by atoms with Gasteiger partial charge in [-0.15, -0.1) is 0 Å². The second kappa shape index (κ2) is 5.90. The Balaban J connectivity index is 1.79. The fraction of sp³-hybridized carbons (Fsp3) is 0.600. The molecule has 1 aromatic rings. The number of anilines is 1. The van der Waals surface area contributed by atoms with Crippen molar-refractivity contribution in [3.05, 3.63) is 29.8 Å². The van der Waals surface area contributed by atoms with Gasteiger partial charge in [-0.1, -0.05) is 12.1 Å². The normalized spacial score (nSPS) is 19.4. The Morgan fingerprint density at radius 3 is 2.26 bits per heavy atom. The first kappa shape index (κ1) is 14.3. The van der Waals surface area contributed by atoms with E-state index in [4.69, 9.17) is 9.47 Å². The van der Waals surface area contributed by atoms with Crippen LogP contribution >= 0.6 is 0 Å². The lowest BCUT2D eigenvalue weighted by atomic mass is 10.2. The summed E-state index contributed by atoms with van der Waals surface area (Å²) in [7, 11) is 4.09. The third kappa shape index (κ3) is 4.20. The van der Waals surface area contributed by atoms with E-state index >= 15 is 0 Å². The standard InChI is InChI=1S/C15H24N2O2/c1-15(2)18-10-13(11-19-15)16-9-12-5-7-14(8-6-12)17(3)4/h5-8,13,16H,9-11H2,1-4H3. The summed E-state index contributed by atoms with van der Waals surface area (Å²) in [5.41, 5.74) is 2.49. The minimum Gasteiger partial charge on any atom is -0.378 e. The van der Waals surface area contributed by atoms with Gasteiger partial charge in [0.15, 0.2) is 5.79 Å². The van der Waals surface area contributed by atoms with Crippen molar-refractivity contribution < 1.29 is 9.47 Å². The van der Waals surface area contributed by atoms with Crippen LogP contribution in [0.4, 0.5) is 5.69 Å². The molecular weight excluding hydrogens is 240 g/mol. The lowest BCUT2D eigenvalue weighted by molar-refractivity contribution is -0.253. The number of hydrogen-bond donors (Lipinski definition) is 1. The van der Waals surface area contributed by atoms with Gasteiger partial charge in [0.2, 0.25) is 0 Å². The van der Waals surface area contributed by atoms with Gasteiger partial charge in [-0.05, 0) is 31.5 Å². The van der Waals surface area contributed by atoms with E-state index in [2.05, 4.69) is 34.5 Å². The maximum absolute atomic E-state index is 5.63. The molecule has 4 nitrogen and oxygen atoms in total. The first-order valence-electron chi connectivity index (χ1n) is 6.74. The molecule has 0 saturated carbocycles. The highest BCUT2D eigenvalue weighted by Gasteiger charge is 2.27. The van der Waals surface area contributed by atoms with Crippen LogP contribution < -0.4 is 10.2 Å². The number of benzene rings is 1. The fourth-order valence-electron chi connectivity index (χ4n) is 1.98. The van der Waals surface area contributed by atoms with Gasteiger partial charge in [-0.25, -0.2) is 0 Å². The van der Waals surface area contributed by atoms with Gasteiger partial charge >= 0.3 is 0 Å². The monoisotopic (exact) mass is 264 g/mol. The molecule has 0 bridgehead atoms. The largest absolute Gasteiger partial charge is 0.378 e. The highest BCUT2D eigenvalue weighted by Crippen LogP contribution is 2.17. The highest BCUT2D eigenvalue weighted by molar-refractivity contribution is 5.45. The summed E-state index contributed by atoms with van der Waals surface area (Å²) < 4.78 is 11.3. The molecule has 0 spiro atoms. The molecule has 4 heteroatoms. The van der Waals surface area contributed by atoms with Crippen LogP contribution in [-0.2, 0) is 16.0 Å². The van der Waals surface area contributed by atoms with Gasteiger partial charge < -0.3 is 19.7 Å². The van der Waals surface area contributed by atoms with Gasteiger partial charge in [0, 0.05) is 26.3 Å². The van der Waals surface area contributed by atoms with Crippen LogP contribution in [0.3, 0.4) is 0 Å². The molecule has 0 aromatic heterocycles. The van der Waals surface area contributed by atoms with E-state index in [0.717, 1.165) is 6.54 Å². The zero-order chi connectivity index (χ0) is 13.9. The molecule has 0 unspecified atom stereocenters. The summed E-state index contributed by atoms with van der Waals surface area (Å²) in [5, 5.41) is 3.46. The molecule has 0 aliphatic carbocycles. The third-order valence-corrected chi connectivity index (χ3v) is 3.31. The van der Waals surface area contributed by atoms with Crippen molar-refractivity contribution in [2.75, 3.05) is 32.2 Å². The van der Waals surface area contributed by atoms with Crippen molar-refractivity contribution >= 4 is 5.69 Å². The Labute approximate surface area is 115 Å². The minimum atomic E-state index is -0.439. The predicted octanol–water partition coefficient (Wildman–Crippen LogP) is 1.99. The van der Waals surface area contributed by atoms with E-state index < -0.39 is 5.79 Å². The summed E-state index contributed by atoms with van der Waals surface area (Å²) in [5.74, 6) is -0.439. The molecule has 19 heavy (non-hydrogen) atoms. The average molecular weight is 264 g/mol. The summed E-state index contributed by atoms with van der Waals surface area (Å²) in [6.07, 6.45) is 0. The number of nitrogens with zero attached hydrogens (tertiary/aromatic N) is 1. The number of nitrogens with one attached hydrogen (secondary N) is 1. The molecule has 0 atom stereocenters. The van der Waals surface area contributed by atoms with Crippen LogP contribution in [0, 0.1) is 0 Å². The number of hydrogen-bond acceptors (Lipinski definition) is 4. The van der Waals surface area contributed by atoms with E-state index in [1.807, 2.05) is 27.9 Å². The van der Waals surface area contributed by atoms with Crippen LogP contribution in [0.15, 0.2) is 24.3 Å². The zero-order valence-corrected chi connectivity index (χ0v) is 12.3. The molecule has 2 rings (SSSR count). The van der Waals surface area contributed by atoms with Crippen LogP contribution in [0.1, 0.15) is 19.4 Å². The van der Waals surface area contributed by atoms with Gasteiger partial charge in [0.1, 0.15) is 0 Å². The molecule has 1 fully saturated rings. The maximum atomic E-state index is 5.63. The summed E-state index contributed by atoms with van der Waals surface area (Å²) in [4.78, 5) is 2.10. The van der Waals surface area contributed by atoms with Crippen LogP contribution in [0.25, 0.3) is 0 Å². The summed E-state index contributed by atoms with van der Waals surface area (Å²) >= 11 is 0. The van der Waals surface area contributed by atoms with Crippen molar-refractivity contribution in [2.45, 2.75) is 32.2 Å². The quantitative estimate of drug-likeness (QED) is 0.902. The van der Waals surface area contributed by atoms with Crippen LogP contribution in [0.2, 0.25) is 0 Å². The molecule has 1 aliphatic rings. The second-order valence-corrected chi connectivity index (χ2v) is 5.66. The van der Waals surface area contributed by atoms with Crippen molar-refractivity contribution in [1.82, 2.24) is 5.32 Å². The molecule has 1 N–H and O–H groups in total. The fourth-order valence-corrected chi connectivity index (χ4v) is 1.98. The van der Waals surface area contributed by atoms with Crippen molar-refractivity contribution in [3.8, 4) is 0 Å². The van der Waals surface area contributed by atoms with Gasteiger partial charge in [0.05, 0.1) is 19.3 Å². The van der Waals surface area contributed by atoms with Crippen LogP contribution in [0.5, 0.6) is 0 Å². The van der Waals surface area contributed by atoms with Gasteiger partial charge in [0.25, 0.3) is 0 Å². The zero-order valence-electron chi connectivity index (χ0n) is 12.3. The van der Waals surface area contributed by atoms with Crippen LogP contribution in [-0.4, -0.2) is 39.1 Å². The first-order valence-corrected chi connectivity index (χ1v) is 6.74. The molecule has 106 valence electrons. The molecule has 0 amide bonds. The molecule has 1 aromatic carbocycles. The maximum Gasteiger partial charge on any atom is 0.162 e. The SMILES string of the molecule is CN(C)c1ccc(CNC2COC(C)(C)OC2)cc1. The third-order valence-electron chi connectivity index (χ3n) is 3.31.